The van der Waals surface area contributed by atoms with E-state index in [9.17, 15) is 0 Å². The van der Waals surface area contributed by atoms with Crippen LogP contribution in [0.15, 0.2) is 24.3 Å². The Morgan fingerprint density at radius 3 is 2.07 bits per heavy atom. The molecule has 0 fully saturated rings. The van der Waals surface area contributed by atoms with Crippen molar-refractivity contribution in [1.29, 1.82) is 0 Å². The van der Waals surface area contributed by atoms with Crippen LogP contribution < -0.4 is 10.6 Å². The van der Waals surface area contributed by atoms with Crippen LogP contribution in [0.1, 0.15) is 19.4 Å². The van der Waals surface area contributed by atoms with Gasteiger partial charge in [0.25, 0.3) is 0 Å². The number of rotatable bonds is 4. The normalized spacial score (nSPS) is 11.5. The van der Waals surface area contributed by atoms with Gasteiger partial charge in [0, 0.05) is 19.8 Å². The second-order valence-corrected chi connectivity index (χ2v) is 5.11. The Kier molecular flexibility index (Phi) is 3.75. The summed E-state index contributed by atoms with van der Waals surface area (Å²) >= 11 is 0. The molecule has 0 amide bonds. The SMILES string of the molecule is CN(C)c1ccc(CC(C)(C)CN)cc1. The summed E-state index contributed by atoms with van der Waals surface area (Å²) in [4.78, 5) is 2.11. The number of nitrogens with two attached hydrogens (primary N) is 1. The standard InChI is InChI=1S/C13H22N2/c1-13(2,10-14)9-11-5-7-12(8-6-11)15(3)4/h5-8H,9-10,14H2,1-4H3. The number of nitrogens with zero attached hydrogens (tertiary/aromatic N) is 1. The third kappa shape index (κ3) is 3.56. The van der Waals surface area contributed by atoms with Gasteiger partial charge in [-0.3, -0.25) is 0 Å². The molecule has 1 aromatic carbocycles. The van der Waals surface area contributed by atoms with E-state index in [1.807, 2.05) is 0 Å². The Morgan fingerprint density at radius 1 is 1.13 bits per heavy atom. The molecule has 0 aliphatic carbocycles. The summed E-state index contributed by atoms with van der Waals surface area (Å²) in [5, 5.41) is 0. The highest BCUT2D eigenvalue weighted by Gasteiger charge is 2.15. The number of hydrogen-bond donors (Lipinski definition) is 1. The third-order valence-corrected chi connectivity index (χ3v) is 2.69. The highest BCUT2D eigenvalue weighted by molar-refractivity contribution is 5.46. The first kappa shape index (κ1) is 12.1. The molecule has 0 spiro atoms. The van der Waals surface area contributed by atoms with Crippen molar-refractivity contribution in [3.63, 3.8) is 0 Å². The Bertz CT molecular complexity index is 299. The van der Waals surface area contributed by atoms with E-state index in [1.54, 1.807) is 0 Å². The van der Waals surface area contributed by atoms with Crippen LogP contribution in [0.5, 0.6) is 0 Å². The summed E-state index contributed by atoms with van der Waals surface area (Å²) < 4.78 is 0. The fourth-order valence-electron chi connectivity index (χ4n) is 1.54. The van der Waals surface area contributed by atoms with Crippen LogP contribution in [-0.4, -0.2) is 20.6 Å². The first-order valence-corrected chi connectivity index (χ1v) is 5.41. The van der Waals surface area contributed by atoms with E-state index in [0.717, 1.165) is 13.0 Å². The zero-order valence-electron chi connectivity index (χ0n) is 10.2. The van der Waals surface area contributed by atoms with Crippen LogP contribution >= 0.6 is 0 Å². The molecule has 15 heavy (non-hydrogen) atoms. The summed E-state index contributed by atoms with van der Waals surface area (Å²) in [6.07, 6.45) is 1.04. The number of anilines is 1. The van der Waals surface area contributed by atoms with Gasteiger partial charge in [-0.25, -0.2) is 0 Å². The maximum Gasteiger partial charge on any atom is 0.0361 e. The Morgan fingerprint density at radius 2 is 1.67 bits per heavy atom. The molecular formula is C13H22N2. The summed E-state index contributed by atoms with van der Waals surface area (Å²) in [7, 11) is 4.11. The average molecular weight is 206 g/mol. The molecule has 84 valence electrons. The van der Waals surface area contributed by atoms with Crippen molar-refractivity contribution in [3.05, 3.63) is 29.8 Å². The Balaban J connectivity index is 2.73. The Hall–Kier alpha value is -1.02. The van der Waals surface area contributed by atoms with Crippen LogP contribution in [0.2, 0.25) is 0 Å². The molecule has 0 atom stereocenters. The van der Waals surface area contributed by atoms with Gasteiger partial charge in [0.1, 0.15) is 0 Å². The molecule has 2 N–H and O–H groups in total. The molecule has 0 saturated carbocycles. The van der Waals surface area contributed by atoms with Gasteiger partial charge in [-0.05, 0) is 36.1 Å². The van der Waals surface area contributed by atoms with Crippen molar-refractivity contribution in [2.45, 2.75) is 20.3 Å². The lowest BCUT2D eigenvalue weighted by Gasteiger charge is -2.22. The molecule has 0 saturated heterocycles. The highest BCUT2D eigenvalue weighted by Crippen LogP contribution is 2.21. The summed E-state index contributed by atoms with van der Waals surface area (Å²) in [6.45, 7) is 5.13. The van der Waals surface area contributed by atoms with Gasteiger partial charge in [0.05, 0.1) is 0 Å². The fraction of sp³-hybridized carbons (Fsp3) is 0.538. The zero-order valence-corrected chi connectivity index (χ0v) is 10.2. The van der Waals surface area contributed by atoms with Crippen molar-refractivity contribution in [3.8, 4) is 0 Å². The van der Waals surface area contributed by atoms with Gasteiger partial charge < -0.3 is 10.6 Å². The minimum absolute atomic E-state index is 0.194. The molecule has 2 heteroatoms. The van der Waals surface area contributed by atoms with Crippen LogP contribution in [0, 0.1) is 5.41 Å². The maximum atomic E-state index is 5.72. The first-order valence-electron chi connectivity index (χ1n) is 5.41. The van der Waals surface area contributed by atoms with Gasteiger partial charge in [0.15, 0.2) is 0 Å². The molecule has 0 aliphatic rings. The van der Waals surface area contributed by atoms with Gasteiger partial charge in [0.2, 0.25) is 0 Å². The molecule has 0 aliphatic heterocycles. The van der Waals surface area contributed by atoms with Crippen LogP contribution in [0.25, 0.3) is 0 Å². The summed E-state index contributed by atoms with van der Waals surface area (Å²) in [6, 6.07) is 8.68. The second kappa shape index (κ2) is 4.67. The monoisotopic (exact) mass is 206 g/mol. The minimum atomic E-state index is 0.194. The van der Waals surface area contributed by atoms with Crippen molar-refractivity contribution in [2.75, 3.05) is 25.5 Å². The van der Waals surface area contributed by atoms with Gasteiger partial charge in [-0.15, -0.1) is 0 Å². The average Bonchev–Trinajstić information content (AvgIpc) is 2.18. The largest absolute Gasteiger partial charge is 0.378 e. The van der Waals surface area contributed by atoms with Gasteiger partial charge in [-0.1, -0.05) is 26.0 Å². The van der Waals surface area contributed by atoms with Crippen molar-refractivity contribution in [2.24, 2.45) is 11.1 Å². The molecule has 0 heterocycles. The summed E-state index contributed by atoms with van der Waals surface area (Å²) in [5.74, 6) is 0. The third-order valence-electron chi connectivity index (χ3n) is 2.69. The van der Waals surface area contributed by atoms with Crippen molar-refractivity contribution < 1.29 is 0 Å². The van der Waals surface area contributed by atoms with E-state index in [0.29, 0.717) is 0 Å². The van der Waals surface area contributed by atoms with Crippen LogP contribution in [-0.2, 0) is 6.42 Å². The van der Waals surface area contributed by atoms with E-state index in [1.165, 1.54) is 11.3 Å². The van der Waals surface area contributed by atoms with Crippen LogP contribution in [0.4, 0.5) is 5.69 Å². The zero-order chi connectivity index (χ0) is 11.5. The molecule has 1 aromatic rings. The van der Waals surface area contributed by atoms with Gasteiger partial charge in [-0.2, -0.15) is 0 Å². The van der Waals surface area contributed by atoms with Crippen LogP contribution in [0.3, 0.4) is 0 Å². The quantitative estimate of drug-likeness (QED) is 0.819. The molecule has 0 aromatic heterocycles. The fourth-order valence-corrected chi connectivity index (χ4v) is 1.54. The molecule has 0 unspecified atom stereocenters. The first-order chi connectivity index (χ1) is 6.94. The number of hydrogen-bond acceptors (Lipinski definition) is 2. The minimum Gasteiger partial charge on any atom is -0.378 e. The van der Waals surface area contributed by atoms with Crippen molar-refractivity contribution >= 4 is 5.69 Å². The maximum absolute atomic E-state index is 5.72. The van der Waals surface area contributed by atoms with Gasteiger partial charge >= 0.3 is 0 Å². The van der Waals surface area contributed by atoms with E-state index < -0.39 is 0 Å². The van der Waals surface area contributed by atoms with E-state index in [4.69, 9.17) is 5.73 Å². The lowest BCUT2D eigenvalue weighted by Crippen LogP contribution is -2.25. The molecule has 0 bridgehead atoms. The molecule has 2 nitrogen and oxygen atoms in total. The van der Waals surface area contributed by atoms with Crippen molar-refractivity contribution in [1.82, 2.24) is 0 Å². The lowest BCUT2D eigenvalue weighted by molar-refractivity contribution is 0.377. The Labute approximate surface area is 93.1 Å². The topological polar surface area (TPSA) is 29.3 Å². The van der Waals surface area contributed by atoms with E-state index in [2.05, 4.69) is 57.1 Å². The molecule has 0 radical (unpaired) electrons. The van der Waals surface area contributed by atoms with E-state index >= 15 is 0 Å². The molecule has 1 rings (SSSR count). The predicted octanol–water partition coefficient (Wildman–Crippen LogP) is 2.28. The summed E-state index contributed by atoms with van der Waals surface area (Å²) in [5.41, 5.74) is 8.52. The number of benzene rings is 1. The predicted molar refractivity (Wildman–Crippen MR) is 67.3 cm³/mol. The molecular weight excluding hydrogens is 184 g/mol. The second-order valence-electron chi connectivity index (χ2n) is 5.11. The van der Waals surface area contributed by atoms with E-state index in [-0.39, 0.29) is 5.41 Å². The lowest BCUT2D eigenvalue weighted by atomic mass is 9.86. The highest BCUT2D eigenvalue weighted by atomic mass is 15.1. The smallest absolute Gasteiger partial charge is 0.0361 e.